The van der Waals surface area contributed by atoms with Crippen molar-refractivity contribution in [3.8, 4) is 5.75 Å². The van der Waals surface area contributed by atoms with Crippen molar-refractivity contribution in [2.45, 2.75) is 11.8 Å². The van der Waals surface area contributed by atoms with Gasteiger partial charge in [0.2, 0.25) is 0 Å². The lowest BCUT2D eigenvalue weighted by atomic mass is 10.2. The van der Waals surface area contributed by atoms with E-state index in [0.717, 1.165) is 0 Å². The van der Waals surface area contributed by atoms with Gasteiger partial charge in [-0.3, -0.25) is 14.2 Å². The number of hydrogen-bond donors (Lipinski definition) is 1. The minimum Gasteiger partial charge on any atom is -0.482 e. The zero-order chi connectivity index (χ0) is 16.8. The molecule has 1 aliphatic rings. The minimum absolute atomic E-state index is 0.0244. The number of aryl methyl sites for hydroxylation is 1. The molecule has 0 atom stereocenters. The van der Waals surface area contributed by atoms with Gasteiger partial charge in [-0.25, -0.2) is 8.42 Å². The Labute approximate surface area is 133 Å². The summed E-state index contributed by atoms with van der Waals surface area (Å²) in [7, 11) is -0.468. The Morgan fingerprint density at radius 3 is 2.70 bits per heavy atom. The van der Waals surface area contributed by atoms with E-state index in [1.807, 2.05) is 0 Å². The lowest BCUT2D eigenvalue weighted by Gasteiger charge is -2.26. The number of ether oxygens (including phenoxy) is 1. The first-order chi connectivity index (χ1) is 10.8. The summed E-state index contributed by atoms with van der Waals surface area (Å²) in [6, 6.07) is 4.79. The Hall–Kier alpha value is -2.55. The van der Waals surface area contributed by atoms with Crippen LogP contribution in [0.4, 0.5) is 11.4 Å². The number of benzene rings is 1. The van der Waals surface area contributed by atoms with Gasteiger partial charge < -0.3 is 9.64 Å². The molecule has 9 heteroatoms. The molecular weight excluding hydrogens is 320 g/mol. The molecule has 2 heterocycles. The van der Waals surface area contributed by atoms with Gasteiger partial charge in [0.25, 0.3) is 15.9 Å². The number of carbonyl (C=O) groups is 1. The molecule has 1 N–H and O–H groups in total. The van der Waals surface area contributed by atoms with E-state index in [9.17, 15) is 13.2 Å². The summed E-state index contributed by atoms with van der Waals surface area (Å²) in [5.41, 5.74) is 1.40. The third-order valence-corrected chi connectivity index (χ3v) is 5.26. The quantitative estimate of drug-likeness (QED) is 0.898. The molecule has 0 unspecified atom stereocenters. The highest BCUT2D eigenvalue weighted by Crippen LogP contribution is 2.34. The van der Waals surface area contributed by atoms with Crippen LogP contribution in [0.2, 0.25) is 0 Å². The average Bonchev–Trinajstić information content (AvgIpc) is 2.84. The second-order valence-corrected chi connectivity index (χ2v) is 6.90. The molecule has 0 fully saturated rings. The number of rotatable bonds is 3. The second kappa shape index (κ2) is 5.27. The van der Waals surface area contributed by atoms with Crippen LogP contribution in [0, 0.1) is 6.92 Å². The van der Waals surface area contributed by atoms with Crippen LogP contribution in [0.1, 0.15) is 5.69 Å². The van der Waals surface area contributed by atoms with E-state index in [-0.39, 0.29) is 17.4 Å². The fraction of sp³-hybridized carbons (Fsp3) is 0.286. The average molecular weight is 336 g/mol. The summed E-state index contributed by atoms with van der Waals surface area (Å²) >= 11 is 0. The maximum absolute atomic E-state index is 12.5. The van der Waals surface area contributed by atoms with E-state index in [0.29, 0.717) is 22.8 Å². The zero-order valence-corrected chi connectivity index (χ0v) is 13.7. The normalized spacial score (nSPS) is 14.4. The standard InChI is InChI=1S/C14H16N4O4S/c1-9-13(7-15-18(9)3)23(20,21)16-10-4-5-12-11(6-10)17(2)14(19)8-22-12/h4-7,16H,8H2,1-3H3. The molecule has 0 bridgehead atoms. The molecule has 8 nitrogen and oxygen atoms in total. The van der Waals surface area contributed by atoms with Gasteiger partial charge in [-0.1, -0.05) is 0 Å². The number of nitrogens with one attached hydrogen (secondary N) is 1. The van der Waals surface area contributed by atoms with E-state index in [1.54, 1.807) is 39.2 Å². The third-order valence-electron chi connectivity index (χ3n) is 3.78. The number of carbonyl (C=O) groups excluding carboxylic acids is 1. The molecule has 1 aromatic heterocycles. The van der Waals surface area contributed by atoms with Crippen LogP contribution < -0.4 is 14.4 Å². The SMILES string of the molecule is Cc1c(S(=O)(=O)Nc2ccc3c(c2)N(C)C(=O)CO3)cnn1C. The molecule has 0 saturated carbocycles. The van der Waals surface area contributed by atoms with Crippen LogP contribution in [0.15, 0.2) is 29.3 Å². The lowest BCUT2D eigenvalue weighted by molar-refractivity contribution is -0.120. The molecule has 1 aromatic carbocycles. The Morgan fingerprint density at radius 2 is 2.04 bits per heavy atom. The number of amides is 1. The molecule has 3 rings (SSSR count). The van der Waals surface area contributed by atoms with Crippen molar-refractivity contribution >= 4 is 27.3 Å². The van der Waals surface area contributed by atoms with Gasteiger partial charge in [0.15, 0.2) is 6.61 Å². The van der Waals surface area contributed by atoms with Crippen molar-refractivity contribution in [1.29, 1.82) is 0 Å². The smallest absolute Gasteiger partial charge is 0.265 e. The van der Waals surface area contributed by atoms with Gasteiger partial charge in [0, 0.05) is 14.1 Å². The molecule has 1 aliphatic heterocycles. The Bertz CT molecular complexity index is 888. The minimum atomic E-state index is -3.76. The van der Waals surface area contributed by atoms with E-state index in [2.05, 4.69) is 9.82 Å². The summed E-state index contributed by atoms with van der Waals surface area (Å²) < 4.78 is 34.3. The van der Waals surface area contributed by atoms with Crippen molar-refractivity contribution in [2.75, 3.05) is 23.3 Å². The second-order valence-electron chi connectivity index (χ2n) is 5.25. The Balaban J connectivity index is 1.95. The molecule has 122 valence electrons. The van der Waals surface area contributed by atoms with Crippen molar-refractivity contribution < 1.29 is 17.9 Å². The summed E-state index contributed by atoms with van der Waals surface area (Å²) in [5.74, 6) is 0.341. The van der Waals surface area contributed by atoms with E-state index < -0.39 is 10.0 Å². The van der Waals surface area contributed by atoms with E-state index in [1.165, 1.54) is 15.8 Å². The summed E-state index contributed by atoms with van der Waals surface area (Å²) in [5, 5.41) is 3.94. The van der Waals surface area contributed by atoms with Crippen LogP contribution in [0.3, 0.4) is 0 Å². The largest absolute Gasteiger partial charge is 0.482 e. The first kappa shape index (κ1) is 15.3. The van der Waals surface area contributed by atoms with Crippen molar-refractivity contribution in [2.24, 2.45) is 7.05 Å². The highest BCUT2D eigenvalue weighted by molar-refractivity contribution is 7.92. The summed E-state index contributed by atoms with van der Waals surface area (Å²) in [4.78, 5) is 13.2. The topological polar surface area (TPSA) is 93.5 Å². The predicted octanol–water partition coefficient (Wildman–Crippen LogP) is 0.885. The van der Waals surface area contributed by atoms with Gasteiger partial charge >= 0.3 is 0 Å². The highest BCUT2D eigenvalue weighted by atomic mass is 32.2. The van der Waals surface area contributed by atoms with Crippen LogP contribution >= 0.6 is 0 Å². The van der Waals surface area contributed by atoms with Crippen LogP contribution in [0.25, 0.3) is 0 Å². The molecule has 1 amide bonds. The number of fused-ring (bicyclic) bond motifs is 1. The molecular formula is C14H16N4O4S. The third kappa shape index (κ3) is 2.63. The number of aromatic nitrogens is 2. The molecule has 0 spiro atoms. The molecule has 0 saturated heterocycles. The van der Waals surface area contributed by atoms with E-state index in [4.69, 9.17) is 4.74 Å². The highest BCUT2D eigenvalue weighted by Gasteiger charge is 2.24. The fourth-order valence-electron chi connectivity index (χ4n) is 2.29. The summed E-state index contributed by atoms with van der Waals surface area (Å²) in [6.45, 7) is 1.65. The van der Waals surface area contributed by atoms with Gasteiger partial charge in [-0.2, -0.15) is 5.10 Å². The lowest BCUT2D eigenvalue weighted by Crippen LogP contribution is -2.35. The maximum atomic E-state index is 12.5. The molecule has 2 aromatic rings. The Kier molecular flexibility index (Phi) is 3.52. The number of sulfonamides is 1. The molecule has 23 heavy (non-hydrogen) atoms. The van der Waals surface area contributed by atoms with Crippen LogP contribution in [-0.4, -0.2) is 37.8 Å². The van der Waals surface area contributed by atoms with Crippen molar-refractivity contribution in [3.05, 3.63) is 30.1 Å². The summed E-state index contributed by atoms with van der Waals surface area (Å²) in [6.07, 6.45) is 1.30. The maximum Gasteiger partial charge on any atom is 0.265 e. The first-order valence-corrected chi connectivity index (χ1v) is 8.33. The van der Waals surface area contributed by atoms with E-state index >= 15 is 0 Å². The Morgan fingerprint density at radius 1 is 1.30 bits per heavy atom. The van der Waals surface area contributed by atoms with Crippen molar-refractivity contribution in [3.63, 3.8) is 0 Å². The molecule has 0 radical (unpaired) electrons. The fourth-order valence-corrected chi connectivity index (χ4v) is 3.54. The number of hydrogen-bond acceptors (Lipinski definition) is 5. The van der Waals surface area contributed by atoms with Crippen molar-refractivity contribution in [1.82, 2.24) is 9.78 Å². The number of anilines is 2. The van der Waals surface area contributed by atoms with Gasteiger partial charge in [-0.05, 0) is 25.1 Å². The van der Waals surface area contributed by atoms with Crippen LogP contribution in [-0.2, 0) is 21.9 Å². The van der Waals surface area contributed by atoms with Gasteiger partial charge in [0.05, 0.1) is 23.3 Å². The zero-order valence-electron chi connectivity index (χ0n) is 12.9. The van der Waals surface area contributed by atoms with Gasteiger partial charge in [-0.15, -0.1) is 0 Å². The van der Waals surface area contributed by atoms with Crippen LogP contribution in [0.5, 0.6) is 5.75 Å². The first-order valence-electron chi connectivity index (χ1n) is 6.84. The number of likely N-dealkylation sites (N-methyl/N-ethyl adjacent to an activating group) is 1. The predicted molar refractivity (Wildman–Crippen MR) is 84.1 cm³/mol. The molecule has 0 aliphatic carbocycles. The van der Waals surface area contributed by atoms with Gasteiger partial charge in [0.1, 0.15) is 10.6 Å². The monoisotopic (exact) mass is 336 g/mol. The number of nitrogens with zero attached hydrogens (tertiary/aromatic N) is 3.